The molecule has 1 aliphatic carbocycles. The molecule has 4 rings (SSSR count). The first-order valence-electron chi connectivity index (χ1n) is 11.9. The van der Waals surface area contributed by atoms with E-state index >= 15 is 0 Å². The summed E-state index contributed by atoms with van der Waals surface area (Å²) in [7, 11) is 0. The number of hydrogen-bond donors (Lipinski definition) is 2. The number of anilines is 3. The van der Waals surface area contributed by atoms with Crippen molar-refractivity contribution in [1.82, 2.24) is 15.3 Å². The van der Waals surface area contributed by atoms with E-state index < -0.39 is 0 Å². The third kappa shape index (κ3) is 6.18. The summed E-state index contributed by atoms with van der Waals surface area (Å²) in [6, 6.07) is 10.1. The Morgan fingerprint density at radius 3 is 2.58 bits per heavy atom. The molecule has 1 unspecified atom stereocenters. The molecular formula is C25H35N5O. The van der Waals surface area contributed by atoms with E-state index in [2.05, 4.69) is 39.6 Å². The fourth-order valence-corrected chi connectivity index (χ4v) is 4.69. The highest BCUT2D eigenvalue weighted by Crippen LogP contribution is 2.24. The lowest BCUT2D eigenvalue weighted by atomic mass is 9.96. The number of piperidine rings is 1. The lowest BCUT2D eigenvalue weighted by Gasteiger charge is -2.32. The molecule has 6 heteroatoms. The van der Waals surface area contributed by atoms with Crippen molar-refractivity contribution in [2.24, 2.45) is 11.8 Å². The molecular weight excluding hydrogens is 386 g/mol. The molecule has 2 heterocycles. The van der Waals surface area contributed by atoms with Gasteiger partial charge in [-0.3, -0.25) is 4.79 Å². The smallest absolute Gasteiger partial charge is 0.227 e. The van der Waals surface area contributed by atoms with Gasteiger partial charge in [0.15, 0.2) is 0 Å². The van der Waals surface area contributed by atoms with Crippen LogP contribution in [0, 0.1) is 18.8 Å². The van der Waals surface area contributed by atoms with Crippen molar-refractivity contribution in [3.63, 3.8) is 0 Å². The number of rotatable bonds is 6. The highest BCUT2D eigenvalue weighted by molar-refractivity contribution is 5.79. The van der Waals surface area contributed by atoms with Crippen molar-refractivity contribution < 1.29 is 4.79 Å². The Bertz CT molecular complexity index is 845. The lowest BCUT2D eigenvalue weighted by molar-refractivity contribution is -0.125. The Morgan fingerprint density at radius 1 is 1.03 bits per heavy atom. The van der Waals surface area contributed by atoms with Gasteiger partial charge < -0.3 is 15.5 Å². The average Bonchev–Trinajstić information content (AvgIpc) is 3.08. The van der Waals surface area contributed by atoms with Gasteiger partial charge in [0.2, 0.25) is 11.9 Å². The quantitative estimate of drug-likeness (QED) is 0.654. The first-order chi connectivity index (χ1) is 15.2. The maximum atomic E-state index is 12.8. The summed E-state index contributed by atoms with van der Waals surface area (Å²) >= 11 is 0. The van der Waals surface area contributed by atoms with Gasteiger partial charge in [0.25, 0.3) is 0 Å². The molecule has 1 saturated heterocycles. The number of aryl methyl sites for hydroxylation is 1. The topological polar surface area (TPSA) is 70.2 Å². The number of nitrogens with one attached hydrogen (secondary N) is 2. The highest BCUT2D eigenvalue weighted by atomic mass is 16.1. The molecule has 2 aliphatic rings. The first-order valence-corrected chi connectivity index (χ1v) is 11.9. The van der Waals surface area contributed by atoms with Crippen LogP contribution in [0.4, 0.5) is 17.5 Å². The van der Waals surface area contributed by atoms with Gasteiger partial charge in [-0.15, -0.1) is 0 Å². The number of carbonyl (C=O) groups is 1. The summed E-state index contributed by atoms with van der Waals surface area (Å²) in [5.74, 6) is 2.32. The molecule has 2 N–H and O–H groups in total. The monoisotopic (exact) mass is 421 g/mol. The van der Waals surface area contributed by atoms with Crippen LogP contribution < -0.4 is 15.5 Å². The van der Waals surface area contributed by atoms with Crippen molar-refractivity contribution in [3.8, 4) is 0 Å². The van der Waals surface area contributed by atoms with Crippen LogP contribution in [0.1, 0.15) is 56.9 Å². The van der Waals surface area contributed by atoms with Gasteiger partial charge in [0, 0.05) is 31.5 Å². The zero-order valence-corrected chi connectivity index (χ0v) is 18.6. The Balaban J connectivity index is 1.33. The number of nitrogens with zero attached hydrogens (tertiary/aromatic N) is 3. The van der Waals surface area contributed by atoms with Crippen molar-refractivity contribution >= 4 is 23.4 Å². The van der Waals surface area contributed by atoms with E-state index in [-0.39, 0.29) is 11.8 Å². The predicted molar refractivity (Wildman–Crippen MR) is 126 cm³/mol. The van der Waals surface area contributed by atoms with E-state index in [9.17, 15) is 4.79 Å². The van der Waals surface area contributed by atoms with Gasteiger partial charge >= 0.3 is 0 Å². The van der Waals surface area contributed by atoms with Crippen LogP contribution >= 0.6 is 0 Å². The lowest BCUT2D eigenvalue weighted by Crippen LogP contribution is -2.44. The standard InChI is InChI=1S/C25H35N5O/c1-19-10-12-22(13-11-19)28-23-14-15-26-25(29-23)30-16-6-9-21(18-30)24(31)27-17-20-7-4-2-3-5-8-20/h10-15,20-21H,2-9,16-18H2,1H3,(H,27,31)(H,26,28,29). The molecule has 2 aromatic rings. The normalized spacial score (nSPS) is 20.2. The average molecular weight is 422 g/mol. The minimum absolute atomic E-state index is 0.0110. The summed E-state index contributed by atoms with van der Waals surface area (Å²) in [6.45, 7) is 4.48. The van der Waals surface area contributed by atoms with Gasteiger partial charge in [-0.25, -0.2) is 4.98 Å². The minimum Gasteiger partial charge on any atom is -0.356 e. The summed E-state index contributed by atoms with van der Waals surface area (Å²) in [4.78, 5) is 24.2. The van der Waals surface area contributed by atoms with Gasteiger partial charge in [0.05, 0.1) is 5.92 Å². The molecule has 166 valence electrons. The molecule has 0 spiro atoms. The molecule has 6 nitrogen and oxygen atoms in total. The molecule has 2 fully saturated rings. The van der Waals surface area contributed by atoms with Crippen molar-refractivity contribution in [3.05, 3.63) is 42.1 Å². The maximum Gasteiger partial charge on any atom is 0.227 e. The van der Waals surface area contributed by atoms with Crippen molar-refractivity contribution in [1.29, 1.82) is 0 Å². The Hall–Kier alpha value is -2.63. The highest BCUT2D eigenvalue weighted by Gasteiger charge is 2.27. The maximum absolute atomic E-state index is 12.8. The second kappa shape index (κ2) is 10.6. The number of amides is 1. The number of benzene rings is 1. The Labute approximate surface area is 185 Å². The molecule has 1 aromatic carbocycles. The summed E-state index contributed by atoms with van der Waals surface area (Å²) in [5, 5.41) is 6.60. The molecule has 1 aliphatic heterocycles. The molecule has 0 bridgehead atoms. The van der Waals surface area contributed by atoms with Gasteiger partial charge in [-0.05, 0) is 56.7 Å². The van der Waals surface area contributed by atoms with Crippen LogP contribution in [0.3, 0.4) is 0 Å². The van der Waals surface area contributed by atoms with Crippen LogP contribution in [-0.4, -0.2) is 35.5 Å². The summed E-state index contributed by atoms with van der Waals surface area (Å²) in [6.07, 6.45) is 11.5. The molecule has 31 heavy (non-hydrogen) atoms. The van der Waals surface area contributed by atoms with Gasteiger partial charge in [-0.2, -0.15) is 4.98 Å². The second-order valence-corrected chi connectivity index (χ2v) is 9.12. The van der Waals surface area contributed by atoms with E-state index in [1.165, 1.54) is 44.1 Å². The largest absolute Gasteiger partial charge is 0.356 e. The molecule has 0 radical (unpaired) electrons. The number of carbonyl (C=O) groups excluding carboxylic acids is 1. The van der Waals surface area contributed by atoms with E-state index in [4.69, 9.17) is 4.98 Å². The van der Waals surface area contributed by atoms with Gasteiger partial charge in [0.1, 0.15) is 5.82 Å². The van der Waals surface area contributed by atoms with Crippen LogP contribution in [0.2, 0.25) is 0 Å². The van der Waals surface area contributed by atoms with Gasteiger partial charge in [-0.1, -0.05) is 43.4 Å². The van der Waals surface area contributed by atoms with Crippen LogP contribution in [0.5, 0.6) is 0 Å². The second-order valence-electron chi connectivity index (χ2n) is 9.12. The van der Waals surface area contributed by atoms with E-state index in [1.54, 1.807) is 6.20 Å². The zero-order valence-electron chi connectivity index (χ0n) is 18.6. The SMILES string of the molecule is Cc1ccc(Nc2ccnc(N3CCCC(C(=O)NCC4CCCCCC4)C3)n2)cc1. The van der Waals surface area contributed by atoms with E-state index in [1.807, 2.05) is 18.2 Å². The molecule has 1 amide bonds. The summed E-state index contributed by atoms with van der Waals surface area (Å²) in [5.41, 5.74) is 2.23. The molecule has 1 aromatic heterocycles. The first kappa shape index (κ1) is 21.6. The van der Waals surface area contributed by atoms with Crippen molar-refractivity contribution in [2.75, 3.05) is 29.9 Å². The minimum atomic E-state index is 0.0110. The molecule has 1 saturated carbocycles. The van der Waals surface area contributed by atoms with Crippen LogP contribution in [-0.2, 0) is 4.79 Å². The zero-order chi connectivity index (χ0) is 21.5. The molecule has 1 atom stereocenters. The predicted octanol–water partition coefficient (Wildman–Crippen LogP) is 4.83. The van der Waals surface area contributed by atoms with Crippen LogP contribution in [0.25, 0.3) is 0 Å². The number of hydrogen-bond acceptors (Lipinski definition) is 5. The van der Waals surface area contributed by atoms with E-state index in [0.29, 0.717) is 18.4 Å². The van der Waals surface area contributed by atoms with E-state index in [0.717, 1.165) is 37.4 Å². The van der Waals surface area contributed by atoms with Crippen molar-refractivity contribution in [2.45, 2.75) is 58.3 Å². The Morgan fingerprint density at radius 2 is 1.81 bits per heavy atom. The van der Waals surface area contributed by atoms with Crippen LogP contribution in [0.15, 0.2) is 36.5 Å². The third-order valence-corrected chi connectivity index (χ3v) is 6.58. The third-order valence-electron chi connectivity index (χ3n) is 6.58. The Kier molecular flexibility index (Phi) is 7.39. The fraction of sp³-hybridized carbons (Fsp3) is 0.560. The fourth-order valence-electron chi connectivity index (χ4n) is 4.69. The number of aromatic nitrogens is 2. The summed E-state index contributed by atoms with van der Waals surface area (Å²) < 4.78 is 0.